The van der Waals surface area contributed by atoms with E-state index in [0.717, 1.165) is 42.1 Å². The number of aryl methyl sites for hydroxylation is 4. The van der Waals surface area contributed by atoms with Crippen LogP contribution in [-0.2, 0) is 19.4 Å². The lowest BCUT2D eigenvalue weighted by atomic mass is 10.2. The number of rotatable bonds is 5. The zero-order chi connectivity index (χ0) is 17.2. The number of imidazole rings is 1. The smallest absolute Gasteiger partial charge is 0.110 e. The van der Waals surface area contributed by atoms with Crippen LogP contribution in [0.5, 0.6) is 0 Å². The number of hydrogen-bond acceptors (Lipinski definition) is 3. The summed E-state index contributed by atoms with van der Waals surface area (Å²) >= 11 is 0. The highest BCUT2D eigenvalue weighted by Crippen LogP contribution is 2.17. The van der Waals surface area contributed by atoms with Crippen molar-refractivity contribution in [3.63, 3.8) is 0 Å². The minimum atomic E-state index is 0.829. The Kier molecular flexibility index (Phi) is 4.06. The summed E-state index contributed by atoms with van der Waals surface area (Å²) in [5.74, 6) is 1.11. The van der Waals surface area contributed by atoms with Crippen LogP contribution < -0.4 is 0 Å². The fraction of sp³-hybridized carbons (Fsp3) is 0.250. The van der Waals surface area contributed by atoms with E-state index < -0.39 is 0 Å². The predicted octanol–water partition coefficient (Wildman–Crippen LogP) is 3.73. The second-order valence-electron chi connectivity index (χ2n) is 6.25. The van der Waals surface area contributed by atoms with Gasteiger partial charge in [-0.05, 0) is 43.7 Å². The van der Waals surface area contributed by atoms with Gasteiger partial charge < -0.3 is 4.57 Å². The van der Waals surface area contributed by atoms with Crippen molar-refractivity contribution >= 4 is 11.0 Å². The molecule has 2 aromatic carbocycles. The molecule has 0 N–H and O–H groups in total. The van der Waals surface area contributed by atoms with Gasteiger partial charge in [0.2, 0.25) is 0 Å². The van der Waals surface area contributed by atoms with Gasteiger partial charge in [0.25, 0.3) is 0 Å². The highest BCUT2D eigenvalue weighted by molar-refractivity contribution is 5.75. The van der Waals surface area contributed by atoms with Crippen LogP contribution in [0.4, 0.5) is 0 Å². The Labute approximate surface area is 146 Å². The first-order valence-corrected chi connectivity index (χ1v) is 8.67. The number of para-hydroxylation sites is 2. The first-order chi connectivity index (χ1) is 12.2. The van der Waals surface area contributed by atoms with Crippen molar-refractivity contribution in [2.24, 2.45) is 0 Å². The Morgan fingerprint density at radius 3 is 2.72 bits per heavy atom. The molecular formula is C20H21N5. The molecule has 2 heterocycles. The topological polar surface area (TPSA) is 48.5 Å². The van der Waals surface area contributed by atoms with Crippen molar-refractivity contribution in [1.29, 1.82) is 0 Å². The Morgan fingerprint density at radius 2 is 1.88 bits per heavy atom. The summed E-state index contributed by atoms with van der Waals surface area (Å²) in [4.78, 5) is 4.78. The fourth-order valence-electron chi connectivity index (χ4n) is 3.22. The Morgan fingerprint density at radius 1 is 1.00 bits per heavy atom. The lowest BCUT2D eigenvalue weighted by Crippen LogP contribution is -2.03. The molecule has 0 aliphatic carbocycles. The molecule has 0 bridgehead atoms. The van der Waals surface area contributed by atoms with Gasteiger partial charge in [-0.25, -0.2) is 9.67 Å². The molecule has 0 radical (unpaired) electrons. The molecule has 0 spiro atoms. The first kappa shape index (κ1) is 15.6. The molecule has 0 saturated carbocycles. The standard InChI is InChI=1S/C20H21N5/c1-3-24-19-10-5-4-9-18(19)21-20(24)12-11-16-14-25(23-22-16)17-8-6-7-15(2)13-17/h4-10,13-14H,3,11-12H2,1-2H3. The molecule has 0 saturated heterocycles. The Balaban J connectivity index is 1.54. The third-order valence-electron chi connectivity index (χ3n) is 4.46. The van der Waals surface area contributed by atoms with Gasteiger partial charge in [-0.1, -0.05) is 29.5 Å². The molecule has 2 aromatic heterocycles. The van der Waals surface area contributed by atoms with Crippen LogP contribution in [0.2, 0.25) is 0 Å². The fourth-order valence-corrected chi connectivity index (χ4v) is 3.22. The summed E-state index contributed by atoms with van der Waals surface area (Å²) in [6.07, 6.45) is 3.69. The van der Waals surface area contributed by atoms with E-state index in [1.807, 2.05) is 29.1 Å². The van der Waals surface area contributed by atoms with Crippen molar-refractivity contribution in [1.82, 2.24) is 24.5 Å². The van der Waals surface area contributed by atoms with Gasteiger partial charge in [-0.3, -0.25) is 0 Å². The maximum absolute atomic E-state index is 4.78. The summed E-state index contributed by atoms with van der Waals surface area (Å²) in [6, 6.07) is 16.6. The van der Waals surface area contributed by atoms with Gasteiger partial charge in [-0.2, -0.15) is 0 Å². The normalized spacial score (nSPS) is 11.3. The van der Waals surface area contributed by atoms with Crippen molar-refractivity contribution in [3.05, 3.63) is 71.8 Å². The van der Waals surface area contributed by atoms with Crippen LogP contribution in [0.15, 0.2) is 54.7 Å². The molecule has 25 heavy (non-hydrogen) atoms. The van der Waals surface area contributed by atoms with Gasteiger partial charge in [0, 0.05) is 19.4 Å². The highest BCUT2D eigenvalue weighted by Gasteiger charge is 2.10. The molecule has 0 aliphatic heterocycles. The Hall–Kier alpha value is -2.95. The SMILES string of the molecule is CCn1c(CCc2cn(-c3cccc(C)c3)nn2)nc2ccccc21. The van der Waals surface area contributed by atoms with E-state index in [4.69, 9.17) is 4.98 Å². The number of benzene rings is 2. The largest absolute Gasteiger partial charge is 0.328 e. The minimum Gasteiger partial charge on any atom is -0.328 e. The average molecular weight is 331 g/mol. The van der Waals surface area contributed by atoms with Gasteiger partial charge >= 0.3 is 0 Å². The number of fused-ring (bicyclic) bond motifs is 1. The molecule has 5 heteroatoms. The molecule has 0 amide bonds. The second-order valence-corrected chi connectivity index (χ2v) is 6.25. The maximum Gasteiger partial charge on any atom is 0.110 e. The molecular weight excluding hydrogens is 310 g/mol. The van der Waals surface area contributed by atoms with E-state index in [0.29, 0.717) is 0 Å². The minimum absolute atomic E-state index is 0.829. The summed E-state index contributed by atoms with van der Waals surface area (Å²) < 4.78 is 4.12. The van der Waals surface area contributed by atoms with Crippen LogP contribution in [0.25, 0.3) is 16.7 Å². The molecule has 4 aromatic rings. The van der Waals surface area contributed by atoms with Gasteiger partial charge in [0.15, 0.2) is 0 Å². The van der Waals surface area contributed by atoms with Crippen LogP contribution in [0, 0.1) is 6.92 Å². The maximum atomic E-state index is 4.78. The summed E-state index contributed by atoms with van der Waals surface area (Å²) in [7, 11) is 0. The van der Waals surface area contributed by atoms with Crippen LogP contribution in [-0.4, -0.2) is 24.5 Å². The molecule has 0 fully saturated rings. The molecule has 0 unspecified atom stereocenters. The summed E-state index contributed by atoms with van der Waals surface area (Å²) in [5, 5.41) is 8.59. The Bertz CT molecular complexity index is 1010. The third-order valence-corrected chi connectivity index (χ3v) is 4.46. The van der Waals surface area contributed by atoms with E-state index in [2.05, 4.69) is 59.1 Å². The van der Waals surface area contributed by atoms with Gasteiger partial charge in [0.05, 0.1) is 28.6 Å². The van der Waals surface area contributed by atoms with E-state index >= 15 is 0 Å². The van der Waals surface area contributed by atoms with Crippen molar-refractivity contribution < 1.29 is 0 Å². The number of aromatic nitrogens is 5. The van der Waals surface area contributed by atoms with Crippen LogP contribution in [0.3, 0.4) is 0 Å². The molecule has 4 rings (SSSR count). The van der Waals surface area contributed by atoms with Gasteiger partial charge in [0.1, 0.15) is 5.82 Å². The zero-order valence-electron chi connectivity index (χ0n) is 14.6. The van der Waals surface area contributed by atoms with E-state index in [1.165, 1.54) is 11.1 Å². The van der Waals surface area contributed by atoms with E-state index in [9.17, 15) is 0 Å². The highest BCUT2D eigenvalue weighted by atomic mass is 15.4. The van der Waals surface area contributed by atoms with Crippen LogP contribution >= 0.6 is 0 Å². The van der Waals surface area contributed by atoms with E-state index in [-0.39, 0.29) is 0 Å². The first-order valence-electron chi connectivity index (χ1n) is 8.67. The average Bonchev–Trinajstić information content (AvgIpc) is 3.24. The summed E-state index contributed by atoms with van der Waals surface area (Å²) in [5.41, 5.74) is 5.49. The second kappa shape index (κ2) is 6.51. The van der Waals surface area contributed by atoms with Crippen LogP contribution in [0.1, 0.15) is 24.0 Å². The van der Waals surface area contributed by atoms with Gasteiger partial charge in [-0.15, -0.1) is 5.10 Å². The number of nitrogens with zero attached hydrogens (tertiary/aromatic N) is 5. The molecule has 126 valence electrons. The van der Waals surface area contributed by atoms with Crippen molar-refractivity contribution in [2.45, 2.75) is 33.2 Å². The quantitative estimate of drug-likeness (QED) is 0.560. The predicted molar refractivity (Wildman–Crippen MR) is 98.9 cm³/mol. The molecule has 0 atom stereocenters. The molecule has 5 nitrogen and oxygen atoms in total. The monoisotopic (exact) mass is 331 g/mol. The lowest BCUT2D eigenvalue weighted by Gasteiger charge is -2.04. The summed E-state index contributed by atoms with van der Waals surface area (Å²) in [6.45, 7) is 5.16. The zero-order valence-corrected chi connectivity index (χ0v) is 14.6. The number of hydrogen-bond donors (Lipinski definition) is 0. The lowest BCUT2D eigenvalue weighted by molar-refractivity contribution is 0.701. The third kappa shape index (κ3) is 3.05. The van der Waals surface area contributed by atoms with Crippen molar-refractivity contribution in [3.8, 4) is 5.69 Å². The molecule has 0 aliphatic rings. The van der Waals surface area contributed by atoms with E-state index in [1.54, 1.807) is 0 Å². The van der Waals surface area contributed by atoms with Crippen molar-refractivity contribution in [2.75, 3.05) is 0 Å².